The predicted molar refractivity (Wildman–Crippen MR) is 193 cm³/mol. The van der Waals surface area contributed by atoms with Crippen molar-refractivity contribution in [2.24, 2.45) is 11.3 Å². The molecule has 5 atom stereocenters. The summed E-state index contributed by atoms with van der Waals surface area (Å²) in [5.41, 5.74) is 0.0703. The van der Waals surface area contributed by atoms with Crippen molar-refractivity contribution in [1.29, 1.82) is 0 Å². The molecule has 1 saturated heterocycles. The second-order valence-electron chi connectivity index (χ2n) is 14.7. The highest BCUT2D eigenvalue weighted by Gasteiger charge is 2.46. The van der Waals surface area contributed by atoms with E-state index in [1.54, 1.807) is 4.90 Å². The highest BCUT2D eigenvalue weighted by molar-refractivity contribution is 6.38. The van der Waals surface area contributed by atoms with Crippen LogP contribution in [0.2, 0.25) is 0 Å². The first-order valence-corrected chi connectivity index (χ1v) is 17.7. The maximum absolute atomic E-state index is 14.5. The minimum absolute atomic E-state index is 0.0602. The van der Waals surface area contributed by atoms with Crippen molar-refractivity contribution in [1.82, 2.24) is 26.2 Å². The van der Waals surface area contributed by atoms with Gasteiger partial charge >= 0.3 is 6.03 Å². The van der Waals surface area contributed by atoms with Gasteiger partial charge in [-0.05, 0) is 61.8 Å². The van der Waals surface area contributed by atoms with Crippen LogP contribution < -0.4 is 21.3 Å². The standard InChI is InChI=1S/C39H57N5O5/c1-7-10-18-29-25-31(34(46)41-30(21-11-8-2)32(45)35(47)40-24-9-3)44(27-29)36(48)33(38(4,5)6)42-37(49)43-39(22-16-13-17-23-39)26-28-19-14-12-15-20-28/h2,7,9,12,14-15,19-20,29-31,33-34,41,46H,1,3,10-11,13,16-18,21-27H2,4-6H3,(H,40,47)(H2,42,43,49)/t29-,30?,31+,33-,34?/m1/s1. The lowest BCUT2D eigenvalue weighted by atomic mass is 9.77. The van der Waals surface area contributed by atoms with E-state index in [4.69, 9.17) is 6.42 Å². The molecule has 49 heavy (non-hydrogen) atoms. The summed E-state index contributed by atoms with van der Waals surface area (Å²) in [6.45, 7) is 13.6. The lowest BCUT2D eigenvalue weighted by molar-refractivity contribution is -0.141. The summed E-state index contributed by atoms with van der Waals surface area (Å²) in [6.07, 6.45) is 15.3. The zero-order valence-electron chi connectivity index (χ0n) is 29.6. The van der Waals surface area contributed by atoms with E-state index in [0.29, 0.717) is 19.4 Å². The fraction of sp³-hybridized carbons (Fsp3) is 0.590. The number of urea groups is 1. The van der Waals surface area contributed by atoms with Gasteiger partial charge in [0.05, 0.1) is 12.1 Å². The number of terminal acetylenes is 1. The fourth-order valence-electron chi connectivity index (χ4n) is 7.10. The van der Waals surface area contributed by atoms with Gasteiger partial charge in [-0.15, -0.1) is 25.5 Å². The third kappa shape index (κ3) is 11.6. The normalized spacial score (nSPS) is 20.6. The third-order valence-electron chi connectivity index (χ3n) is 9.72. The van der Waals surface area contributed by atoms with Crippen LogP contribution >= 0.6 is 0 Å². The number of Topliss-reactive ketones (excluding diaryl/α,β-unsaturated/α-hetero) is 1. The van der Waals surface area contributed by atoms with Crippen LogP contribution in [0.4, 0.5) is 4.79 Å². The average Bonchev–Trinajstić information content (AvgIpc) is 3.51. The van der Waals surface area contributed by atoms with Crippen LogP contribution in [0.5, 0.6) is 0 Å². The predicted octanol–water partition coefficient (Wildman–Crippen LogP) is 4.39. The van der Waals surface area contributed by atoms with Gasteiger partial charge < -0.3 is 26.0 Å². The number of nitrogens with one attached hydrogen (secondary N) is 4. The molecular weight excluding hydrogens is 618 g/mol. The fourth-order valence-corrected chi connectivity index (χ4v) is 7.10. The van der Waals surface area contributed by atoms with Gasteiger partial charge in [0.15, 0.2) is 0 Å². The molecule has 0 aromatic heterocycles. The molecule has 5 N–H and O–H groups in total. The maximum atomic E-state index is 14.5. The Labute approximate surface area is 292 Å². The number of ketones is 1. The summed E-state index contributed by atoms with van der Waals surface area (Å²) in [6, 6.07) is 7.07. The summed E-state index contributed by atoms with van der Waals surface area (Å²) in [5, 5.41) is 23.3. The Morgan fingerprint density at radius 3 is 2.41 bits per heavy atom. The molecule has 4 amide bonds. The summed E-state index contributed by atoms with van der Waals surface area (Å²) in [7, 11) is 0. The number of hydrogen-bond donors (Lipinski definition) is 5. The summed E-state index contributed by atoms with van der Waals surface area (Å²) < 4.78 is 0. The van der Waals surface area contributed by atoms with E-state index in [9.17, 15) is 24.3 Å². The molecule has 1 aliphatic carbocycles. The Morgan fingerprint density at radius 1 is 1.10 bits per heavy atom. The van der Waals surface area contributed by atoms with Gasteiger partial charge in [0, 0.05) is 25.0 Å². The Balaban J connectivity index is 1.84. The van der Waals surface area contributed by atoms with E-state index in [1.165, 1.54) is 6.08 Å². The van der Waals surface area contributed by atoms with Crippen molar-refractivity contribution in [2.75, 3.05) is 13.1 Å². The number of aliphatic hydroxyl groups excluding tert-OH is 1. The topological polar surface area (TPSA) is 140 Å². The van der Waals surface area contributed by atoms with E-state index >= 15 is 0 Å². The Kier molecular flexibility index (Phi) is 15.1. The first-order chi connectivity index (χ1) is 23.3. The molecule has 2 aliphatic rings. The van der Waals surface area contributed by atoms with Gasteiger partial charge in [0.25, 0.3) is 5.91 Å². The molecule has 3 rings (SSSR count). The smallest absolute Gasteiger partial charge is 0.315 e. The maximum Gasteiger partial charge on any atom is 0.315 e. The van der Waals surface area contributed by atoms with Crippen LogP contribution in [0.1, 0.15) is 90.5 Å². The number of aliphatic hydroxyl groups is 1. The number of nitrogens with zero attached hydrogens (tertiary/aromatic N) is 1. The molecule has 1 aliphatic heterocycles. The number of carbonyl (C=O) groups is 4. The highest BCUT2D eigenvalue weighted by Crippen LogP contribution is 2.34. The Morgan fingerprint density at radius 2 is 1.80 bits per heavy atom. The number of allylic oxidation sites excluding steroid dienone is 1. The molecule has 0 bridgehead atoms. The number of rotatable bonds is 17. The van der Waals surface area contributed by atoms with E-state index in [0.717, 1.165) is 50.5 Å². The lowest BCUT2D eigenvalue weighted by Gasteiger charge is -2.41. The van der Waals surface area contributed by atoms with Crippen LogP contribution in [-0.4, -0.2) is 76.6 Å². The van der Waals surface area contributed by atoms with Gasteiger partial charge in [-0.3, -0.25) is 19.7 Å². The first kappa shape index (κ1) is 39.5. The molecule has 2 unspecified atom stereocenters. The highest BCUT2D eigenvalue weighted by atomic mass is 16.3. The third-order valence-corrected chi connectivity index (χ3v) is 9.72. The van der Waals surface area contributed by atoms with Crippen LogP contribution in [-0.2, 0) is 20.8 Å². The monoisotopic (exact) mass is 675 g/mol. The first-order valence-electron chi connectivity index (χ1n) is 17.7. The van der Waals surface area contributed by atoms with Crippen molar-refractivity contribution in [3.63, 3.8) is 0 Å². The van der Waals surface area contributed by atoms with E-state index in [2.05, 4.69) is 52.5 Å². The Hall–Kier alpha value is -3.94. The molecule has 1 aromatic rings. The van der Waals surface area contributed by atoms with E-state index in [-0.39, 0.29) is 31.2 Å². The zero-order valence-corrected chi connectivity index (χ0v) is 29.6. The van der Waals surface area contributed by atoms with Gasteiger partial charge in [-0.1, -0.05) is 82.5 Å². The molecule has 10 heteroatoms. The zero-order chi connectivity index (χ0) is 36.0. The molecule has 268 valence electrons. The van der Waals surface area contributed by atoms with Crippen molar-refractivity contribution in [3.8, 4) is 12.3 Å². The van der Waals surface area contributed by atoms with Crippen molar-refractivity contribution >= 4 is 23.6 Å². The van der Waals surface area contributed by atoms with Crippen molar-refractivity contribution in [3.05, 3.63) is 61.2 Å². The summed E-state index contributed by atoms with van der Waals surface area (Å²) in [4.78, 5) is 55.5. The minimum atomic E-state index is -1.33. The second kappa shape index (κ2) is 18.7. The molecule has 2 fully saturated rings. The number of hydrogen-bond acceptors (Lipinski definition) is 6. The molecular formula is C39H57N5O5. The van der Waals surface area contributed by atoms with Crippen LogP contribution in [0.25, 0.3) is 0 Å². The van der Waals surface area contributed by atoms with Crippen molar-refractivity contribution < 1.29 is 24.3 Å². The van der Waals surface area contributed by atoms with Gasteiger partial charge in [0.1, 0.15) is 12.3 Å². The van der Waals surface area contributed by atoms with Crippen LogP contribution in [0, 0.1) is 23.7 Å². The number of likely N-dealkylation sites (tertiary alicyclic amines) is 1. The number of amides is 4. The summed E-state index contributed by atoms with van der Waals surface area (Å²) in [5.74, 6) is 0.669. The van der Waals surface area contributed by atoms with Gasteiger partial charge in [-0.25, -0.2) is 4.79 Å². The molecule has 1 heterocycles. The second-order valence-corrected chi connectivity index (χ2v) is 14.7. The van der Waals surface area contributed by atoms with Crippen molar-refractivity contribution in [2.45, 2.75) is 121 Å². The average molecular weight is 676 g/mol. The van der Waals surface area contributed by atoms with Crippen LogP contribution in [0.3, 0.4) is 0 Å². The quantitative estimate of drug-likeness (QED) is 0.0719. The number of benzene rings is 1. The van der Waals surface area contributed by atoms with E-state index in [1.807, 2.05) is 45.0 Å². The molecule has 1 aromatic carbocycles. The minimum Gasteiger partial charge on any atom is -0.376 e. The van der Waals surface area contributed by atoms with Crippen LogP contribution in [0.15, 0.2) is 55.6 Å². The molecule has 1 saturated carbocycles. The summed E-state index contributed by atoms with van der Waals surface area (Å²) >= 11 is 0. The molecule has 0 spiro atoms. The SMILES string of the molecule is C#CCCC(NC(O)[C@@H]1C[C@@H](CCC=C)CN1C(=O)[C@@H](NC(=O)NC1(Cc2ccccc2)CCCCC1)C(C)(C)C)C(=O)C(=O)NCC=C. The van der Waals surface area contributed by atoms with E-state index < -0.39 is 53.0 Å². The number of carbonyl (C=O) groups excluding carboxylic acids is 4. The van der Waals surface area contributed by atoms with Gasteiger partial charge in [0.2, 0.25) is 11.7 Å². The molecule has 0 radical (unpaired) electrons. The lowest BCUT2D eigenvalue weighted by Crippen LogP contribution is -2.63. The largest absolute Gasteiger partial charge is 0.376 e. The molecule has 10 nitrogen and oxygen atoms in total. The Bertz CT molecular complexity index is 1330. The van der Waals surface area contributed by atoms with Gasteiger partial charge in [-0.2, -0.15) is 0 Å².